The van der Waals surface area contributed by atoms with Gasteiger partial charge in [0.1, 0.15) is 5.82 Å². The van der Waals surface area contributed by atoms with Crippen molar-refractivity contribution in [2.75, 3.05) is 0 Å². The Morgan fingerprint density at radius 3 is 2.53 bits per heavy atom. The summed E-state index contributed by atoms with van der Waals surface area (Å²) >= 11 is 0. The first-order valence-electron chi connectivity index (χ1n) is 5.64. The molecule has 0 spiro atoms. The molecular weight excluding hydrogens is 188 g/mol. The van der Waals surface area contributed by atoms with Crippen molar-refractivity contribution in [1.29, 1.82) is 0 Å². The average molecular weight is 202 g/mol. The van der Waals surface area contributed by atoms with Gasteiger partial charge < -0.3 is 0 Å². The molecule has 3 heteroatoms. The van der Waals surface area contributed by atoms with E-state index in [1.165, 1.54) is 25.7 Å². The second kappa shape index (κ2) is 3.40. The van der Waals surface area contributed by atoms with Gasteiger partial charge in [0.15, 0.2) is 6.29 Å². The Kier molecular flexibility index (Phi) is 2.04. The van der Waals surface area contributed by atoms with Crippen molar-refractivity contribution in [2.45, 2.75) is 31.6 Å². The lowest BCUT2D eigenvalue weighted by molar-refractivity contribution is 0.112. The minimum atomic E-state index is 0.560. The molecule has 1 aromatic rings. The molecule has 0 amide bonds. The van der Waals surface area contributed by atoms with Crippen LogP contribution in [0.25, 0.3) is 0 Å². The highest BCUT2D eigenvalue weighted by Crippen LogP contribution is 2.51. The van der Waals surface area contributed by atoms with Crippen molar-refractivity contribution in [2.24, 2.45) is 11.8 Å². The van der Waals surface area contributed by atoms with Gasteiger partial charge in [0.05, 0.1) is 5.56 Å². The Bertz CT molecular complexity index is 374. The van der Waals surface area contributed by atoms with Gasteiger partial charge in [0, 0.05) is 18.3 Å². The molecule has 1 heterocycles. The van der Waals surface area contributed by atoms with E-state index in [2.05, 4.69) is 9.97 Å². The standard InChI is InChI=1S/C12H14N2O/c15-7-9-5-13-12(14-6-9)11-4-8-1-2-10(11)3-8/h5-8,10-11H,1-4H2. The van der Waals surface area contributed by atoms with Gasteiger partial charge in [-0.15, -0.1) is 0 Å². The van der Waals surface area contributed by atoms with Gasteiger partial charge in [0.25, 0.3) is 0 Å². The Hall–Kier alpha value is -1.25. The molecule has 2 aliphatic carbocycles. The molecule has 1 aromatic heterocycles. The lowest BCUT2D eigenvalue weighted by atomic mass is 9.88. The van der Waals surface area contributed by atoms with Gasteiger partial charge in [-0.05, 0) is 31.1 Å². The lowest BCUT2D eigenvalue weighted by Gasteiger charge is -2.19. The number of carbonyl (C=O) groups is 1. The number of nitrogens with zero attached hydrogens (tertiary/aromatic N) is 2. The third kappa shape index (κ3) is 1.46. The van der Waals surface area contributed by atoms with Crippen molar-refractivity contribution in [3.8, 4) is 0 Å². The smallest absolute Gasteiger partial charge is 0.153 e. The summed E-state index contributed by atoms with van der Waals surface area (Å²) < 4.78 is 0. The molecule has 2 aliphatic rings. The Morgan fingerprint density at radius 1 is 1.20 bits per heavy atom. The maximum atomic E-state index is 10.5. The molecule has 2 fully saturated rings. The first kappa shape index (κ1) is 9.01. The molecule has 3 rings (SSSR count). The topological polar surface area (TPSA) is 42.9 Å². The summed E-state index contributed by atoms with van der Waals surface area (Å²) in [5.74, 6) is 3.23. The van der Waals surface area contributed by atoms with Crippen LogP contribution < -0.4 is 0 Å². The zero-order chi connectivity index (χ0) is 10.3. The van der Waals surface area contributed by atoms with Crippen molar-refractivity contribution >= 4 is 6.29 Å². The first-order valence-corrected chi connectivity index (χ1v) is 5.64. The van der Waals surface area contributed by atoms with Crippen molar-refractivity contribution in [3.63, 3.8) is 0 Å². The molecule has 0 aromatic carbocycles. The summed E-state index contributed by atoms with van der Waals surface area (Å²) in [6.45, 7) is 0. The van der Waals surface area contributed by atoms with Crippen LogP contribution in [-0.2, 0) is 0 Å². The number of rotatable bonds is 2. The van der Waals surface area contributed by atoms with Crippen LogP contribution in [0.15, 0.2) is 12.4 Å². The zero-order valence-corrected chi connectivity index (χ0v) is 8.60. The fraction of sp³-hybridized carbons (Fsp3) is 0.583. The largest absolute Gasteiger partial charge is 0.298 e. The Morgan fingerprint density at radius 2 is 2.00 bits per heavy atom. The summed E-state index contributed by atoms with van der Waals surface area (Å²) in [6.07, 6.45) is 9.43. The van der Waals surface area contributed by atoms with Crippen LogP contribution in [0.1, 0.15) is 47.8 Å². The van der Waals surface area contributed by atoms with Gasteiger partial charge in [-0.25, -0.2) is 9.97 Å². The minimum absolute atomic E-state index is 0.560. The number of aldehydes is 1. The van der Waals surface area contributed by atoms with Crippen LogP contribution in [0.3, 0.4) is 0 Å². The maximum absolute atomic E-state index is 10.5. The number of carbonyl (C=O) groups excluding carboxylic acids is 1. The highest BCUT2D eigenvalue weighted by Gasteiger charge is 2.41. The highest BCUT2D eigenvalue weighted by atomic mass is 16.1. The molecule has 3 atom stereocenters. The van der Waals surface area contributed by atoms with E-state index in [4.69, 9.17) is 0 Å². The van der Waals surface area contributed by atoms with E-state index in [1.807, 2.05) is 0 Å². The van der Waals surface area contributed by atoms with Crippen LogP contribution in [0.5, 0.6) is 0 Å². The Labute approximate surface area is 88.9 Å². The summed E-state index contributed by atoms with van der Waals surface area (Å²) in [6, 6.07) is 0. The summed E-state index contributed by atoms with van der Waals surface area (Å²) in [7, 11) is 0. The molecule has 0 aliphatic heterocycles. The van der Waals surface area contributed by atoms with Gasteiger partial charge >= 0.3 is 0 Å². The second-order valence-corrected chi connectivity index (χ2v) is 4.77. The van der Waals surface area contributed by atoms with E-state index in [0.717, 1.165) is 23.9 Å². The number of hydrogen-bond acceptors (Lipinski definition) is 3. The SMILES string of the molecule is O=Cc1cnc(C2CC3CCC2C3)nc1. The number of fused-ring (bicyclic) bond motifs is 2. The normalized spacial score (nSPS) is 33.2. The summed E-state index contributed by atoms with van der Waals surface area (Å²) in [4.78, 5) is 19.1. The van der Waals surface area contributed by atoms with Crippen molar-refractivity contribution in [1.82, 2.24) is 9.97 Å². The predicted octanol–water partition coefficient (Wildman–Crippen LogP) is 2.19. The van der Waals surface area contributed by atoms with E-state index < -0.39 is 0 Å². The van der Waals surface area contributed by atoms with Crippen LogP contribution in [0, 0.1) is 11.8 Å². The summed E-state index contributed by atoms with van der Waals surface area (Å²) in [5, 5.41) is 0. The molecule has 78 valence electrons. The van der Waals surface area contributed by atoms with Crippen molar-refractivity contribution < 1.29 is 4.79 Å². The van der Waals surface area contributed by atoms with Gasteiger partial charge in [-0.3, -0.25) is 4.79 Å². The van der Waals surface area contributed by atoms with Gasteiger partial charge in [-0.2, -0.15) is 0 Å². The molecule has 0 N–H and O–H groups in total. The second-order valence-electron chi connectivity index (χ2n) is 4.77. The third-order valence-corrected chi connectivity index (χ3v) is 3.90. The van der Waals surface area contributed by atoms with Gasteiger partial charge in [0.2, 0.25) is 0 Å². The molecule has 3 nitrogen and oxygen atoms in total. The van der Waals surface area contributed by atoms with Crippen molar-refractivity contribution in [3.05, 3.63) is 23.8 Å². The number of hydrogen-bond donors (Lipinski definition) is 0. The maximum Gasteiger partial charge on any atom is 0.153 e. The van der Waals surface area contributed by atoms with Crippen LogP contribution >= 0.6 is 0 Å². The molecule has 3 unspecified atom stereocenters. The first-order chi connectivity index (χ1) is 7.36. The molecule has 0 radical (unpaired) electrons. The molecule has 0 saturated heterocycles. The molecule has 2 bridgehead atoms. The fourth-order valence-electron chi connectivity index (χ4n) is 3.16. The van der Waals surface area contributed by atoms with E-state index in [1.54, 1.807) is 12.4 Å². The third-order valence-electron chi connectivity index (χ3n) is 3.90. The fourth-order valence-corrected chi connectivity index (χ4v) is 3.16. The molecule has 2 saturated carbocycles. The molecule has 15 heavy (non-hydrogen) atoms. The number of aromatic nitrogens is 2. The van der Waals surface area contributed by atoms with E-state index in [9.17, 15) is 4.79 Å². The van der Waals surface area contributed by atoms with E-state index in [-0.39, 0.29) is 0 Å². The quantitative estimate of drug-likeness (QED) is 0.690. The molecular formula is C12H14N2O. The minimum Gasteiger partial charge on any atom is -0.298 e. The van der Waals surface area contributed by atoms with Crippen LogP contribution in [0.4, 0.5) is 0 Å². The average Bonchev–Trinajstić information content (AvgIpc) is 2.91. The van der Waals surface area contributed by atoms with Crippen LogP contribution in [0.2, 0.25) is 0 Å². The predicted molar refractivity (Wildman–Crippen MR) is 55.6 cm³/mol. The van der Waals surface area contributed by atoms with Gasteiger partial charge in [-0.1, -0.05) is 6.42 Å². The van der Waals surface area contributed by atoms with E-state index >= 15 is 0 Å². The van der Waals surface area contributed by atoms with E-state index in [0.29, 0.717) is 11.5 Å². The zero-order valence-electron chi connectivity index (χ0n) is 8.60. The lowest BCUT2D eigenvalue weighted by Crippen LogP contribution is -2.12. The summed E-state index contributed by atoms with van der Waals surface area (Å²) in [5.41, 5.74) is 0.571. The van der Waals surface area contributed by atoms with Crippen LogP contribution in [-0.4, -0.2) is 16.3 Å². The monoisotopic (exact) mass is 202 g/mol. The Balaban J connectivity index is 1.84. The highest BCUT2D eigenvalue weighted by molar-refractivity contribution is 5.73.